The number of rotatable bonds is 7. The van der Waals surface area contributed by atoms with E-state index in [1.165, 1.54) is 24.2 Å². The summed E-state index contributed by atoms with van der Waals surface area (Å²) < 4.78 is 2.39. The van der Waals surface area contributed by atoms with Gasteiger partial charge < -0.3 is 9.88 Å². The summed E-state index contributed by atoms with van der Waals surface area (Å²) in [6, 6.07) is 9.49. The van der Waals surface area contributed by atoms with Crippen LogP contribution in [0.2, 0.25) is 0 Å². The van der Waals surface area contributed by atoms with Gasteiger partial charge in [0.1, 0.15) is 5.82 Å². The van der Waals surface area contributed by atoms with Gasteiger partial charge in [-0.25, -0.2) is 4.98 Å². The third-order valence-electron chi connectivity index (χ3n) is 4.11. The summed E-state index contributed by atoms with van der Waals surface area (Å²) in [6.45, 7) is 9.95. The number of para-hydroxylation sites is 2. The first-order valence-corrected chi connectivity index (χ1v) is 7.90. The van der Waals surface area contributed by atoms with Gasteiger partial charge in [-0.15, -0.1) is 0 Å². The summed E-state index contributed by atoms with van der Waals surface area (Å²) in [5.74, 6) is 1.19. The van der Waals surface area contributed by atoms with Gasteiger partial charge in [0, 0.05) is 25.0 Å². The zero-order valence-corrected chi connectivity index (χ0v) is 13.2. The molecule has 1 atom stereocenters. The molecule has 0 aliphatic carbocycles. The van der Waals surface area contributed by atoms with Crippen molar-refractivity contribution in [2.45, 2.75) is 59.0 Å². The molecule has 0 saturated heterocycles. The largest absolute Gasteiger partial charge is 0.324 e. The molecule has 20 heavy (non-hydrogen) atoms. The van der Waals surface area contributed by atoms with E-state index in [2.05, 4.69) is 61.8 Å². The zero-order valence-electron chi connectivity index (χ0n) is 13.2. The van der Waals surface area contributed by atoms with Crippen molar-refractivity contribution in [1.29, 1.82) is 0 Å². The Hall–Kier alpha value is -1.35. The predicted octanol–water partition coefficient (Wildman–Crippen LogP) is 3.94. The SMILES string of the molecule is CCc1nc2ccccc2n1C(C)CNC(CC)CC. The van der Waals surface area contributed by atoms with Crippen molar-refractivity contribution in [1.82, 2.24) is 14.9 Å². The van der Waals surface area contributed by atoms with Crippen molar-refractivity contribution >= 4 is 11.0 Å². The van der Waals surface area contributed by atoms with E-state index in [0.717, 1.165) is 18.5 Å². The molecule has 1 aromatic carbocycles. The number of hydrogen-bond acceptors (Lipinski definition) is 2. The molecule has 2 aromatic rings. The number of imidazole rings is 1. The average molecular weight is 273 g/mol. The van der Waals surface area contributed by atoms with E-state index in [0.29, 0.717) is 12.1 Å². The Kier molecular flexibility index (Phi) is 5.18. The van der Waals surface area contributed by atoms with Crippen LogP contribution in [-0.2, 0) is 6.42 Å². The van der Waals surface area contributed by atoms with Gasteiger partial charge in [0.05, 0.1) is 11.0 Å². The number of nitrogens with one attached hydrogen (secondary N) is 1. The van der Waals surface area contributed by atoms with E-state index in [1.54, 1.807) is 0 Å². The molecule has 0 bridgehead atoms. The van der Waals surface area contributed by atoms with Crippen LogP contribution >= 0.6 is 0 Å². The standard InChI is InChI=1S/C17H27N3/c1-5-14(6-2)18-12-13(4)20-16-11-9-8-10-15(16)19-17(20)7-3/h8-11,13-14,18H,5-7,12H2,1-4H3. The molecule has 0 amide bonds. The average Bonchev–Trinajstić information content (AvgIpc) is 2.86. The van der Waals surface area contributed by atoms with Gasteiger partial charge in [-0.2, -0.15) is 0 Å². The lowest BCUT2D eigenvalue weighted by atomic mass is 10.1. The van der Waals surface area contributed by atoms with Crippen LogP contribution in [0.5, 0.6) is 0 Å². The molecule has 110 valence electrons. The van der Waals surface area contributed by atoms with Gasteiger partial charge in [0.2, 0.25) is 0 Å². The zero-order chi connectivity index (χ0) is 14.5. The molecule has 0 aliphatic rings. The Labute approximate surface area is 122 Å². The van der Waals surface area contributed by atoms with Gasteiger partial charge in [0.25, 0.3) is 0 Å². The number of aryl methyl sites for hydroxylation is 1. The summed E-state index contributed by atoms with van der Waals surface area (Å²) in [5.41, 5.74) is 2.36. The number of fused-ring (bicyclic) bond motifs is 1. The fraction of sp³-hybridized carbons (Fsp3) is 0.588. The van der Waals surface area contributed by atoms with Crippen LogP contribution in [0.3, 0.4) is 0 Å². The maximum absolute atomic E-state index is 4.75. The lowest BCUT2D eigenvalue weighted by Gasteiger charge is -2.21. The lowest BCUT2D eigenvalue weighted by molar-refractivity contribution is 0.420. The molecule has 0 fully saturated rings. The van der Waals surface area contributed by atoms with Gasteiger partial charge in [-0.1, -0.05) is 32.9 Å². The van der Waals surface area contributed by atoms with Gasteiger partial charge in [0.15, 0.2) is 0 Å². The van der Waals surface area contributed by atoms with Crippen molar-refractivity contribution in [3.63, 3.8) is 0 Å². The molecule has 0 radical (unpaired) electrons. The minimum Gasteiger partial charge on any atom is -0.324 e. The number of hydrogen-bond donors (Lipinski definition) is 1. The quantitative estimate of drug-likeness (QED) is 0.828. The molecular formula is C17H27N3. The second kappa shape index (κ2) is 6.89. The number of nitrogens with zero attached hydrogens (tertiary/aromatic N) is 2. The number of aromatic nitrogens is 2. The minimum atomic E-state index is 0.429. The Morgan fingerprint density at radius 1 is 1.15 bits per heavy atom. The Balaban J connectivity index is 2.22. The highest BCUT2D eigenvalue weighted by Gasteiger charge is 2.15. The third-order valence-corrected chi connectivity index (χ3v) is 4.11. The van der Waals surface area contributed by atoms with Crippen molar-refractivity contribution in [3.05, 3.63) is 30.1 Å². The molecule has 0 aliphatic heterocycles. The molecule has 0 saturated carbocycles. The van der Waals surface area contributed by atoms with Crippen molar-refractivity contribution in [2.24, 2.45) is 0 Å². The van der Waals surface area contributed by atoms with Crippen LogP contribution < -0.4 is 5.32 Å². The molecule has 2 rings (SSSR count). The van der Waals surface area contributed by atoms with Gasteiger partial charge in [-0.3, -0.25) is 0 Å². The molecular weight excluding hydrogens is 246 g/mol. The second-order valence-electron chi connectivity index (χ2n) is 5.51. The van der Waals surface area contributed by atoms with Gasteiger partial charge in [-0.05, 0) is 31.9 Å². The monoisotopic (exact) mass is 273 g/mol. The smallest absolute Gasteiger partial charge is 0.109 e. The first kappa shape index (κ1) is 15.0. The highest BCUT2D eigenvalue weighted by molar-refractivity contribution is 5.76. The van der Waals surface area contributed by atoms with Crippen LogP contribution in [0.4, 0.5) is 0 Å². The van der Waals surface area contributed by atoms with Crippen LogP contribution in [0.1, 0.15) is 52.4 Å². The first-order chi connectivity index (χ1) is 9.71. The van der Waals surface area contributed by atoms with E-state index in [4.69, 9.17) is 4.98 Å². The summed E-state index contributed by atoms with van der Waals surface area (Å²) in [5, 5.41) is 3.67. The third kappa shape index (κ3) is 3.04. The molecule has 3 nitrogen and oxygen atoms in total. The number of benzene rings is 1. The maximum atomic E-state index is 4.75. The van der Waals surface area contributed by atoms with Crippen LogP contribution in [0, 0.1) is 0 Å². The molecule has 1 unspecified atom stereocenters. The normalized spacial score (nSPS) is 13.2. The summed E-state index contributed by atoms with van der Waals surface area (Å²) in [7, 11) is 0. The van der Waals surface area contributed by atoms with E-state index in [9.17, 15) is 0 Å². The molecule has 3 heteroatoms. The Morgan fingerprint density at radius 2 is 1.85 bits per heavy atom. The predicted molar refractivity (Wildman–Crippen MR) is 86.2 cm³/mol. The Bertz CT molecular complexity index is 540. The molecule has 1 heterocycles. The fourth-order valence-electron chi connectivity index (χ4n) is 2.84. The highest BCUT2D eigenvalue weighted by Crippen LogP contribution is 2.21. The van der Waals surface area contributed by atoms with Crippen LogP contribution in [0.15, 0.2) is 24.3 Å². The molecule has 1 aromatic heterocycles. The van der Waals surface area contributed by atoms with Crippen molar-refractivity contribution in [3.8, 4) is 0 Å². The van der Waals surface area contributed by atoms with E-state index >= 15 is 0 Å². The fourth-order valence-corrected chi connectivity index (χ4v) is 2.84. The highest BCUT2D eigenvalue weighted by atomic mass is 15.1. The Morgan fingerprint density at radius 3 is 2.50 bits per heavy atom. The molecule has 0 spiro atoms. The molecule has 1 N–H and O–H groups in total. The topological polar surface area (TPSA) is 29.9 Å². The summed E-state index contributed by atoms with van der Waals surface area (Å²) in [4.78, 5) is 4.75. The van der Waals surface area contributed by atoms with Gasteiger partial charge >= 0.3 is 0 Å². The van der Waals surface area contributed by atoms with E-state index in [-0.39, 0.29) is 0 Å². The minimum absolute atomic E-state index is 0.429. The lowest BCUT2D eigenvalue weighted by Crippen LogP contribution is -2.33. The summed E-state index contributed by atoms with van der Waals surface area (Å²) in [6.07, 6.45) is 3.35. The summed E-state index contributed by atoms with van der Waals surface area (Å²) >= 11 is 0. The van der Waals surface area contributed by atoms with Crippen LogP contribution in [0.25, 0.3) is 11.0 Å². The van der Waals surface area contributed by atoms with E-state index in [1.807, 2.05) is 0 Å². The van der Waals surface area contributed by atoms with Crippen molar-refractivity contribution in [2.75, 3.05) is 6.54 Å². The second-order valence-corrected chi connectivity index (χ2v) is 5.51. The van der Waals surface area contributed by atoms with E-state index < -0.39 is 0 Å². The van der Waals surface area contributed by atoms with Crippen LogP contribution in [-0.4, -0.2) is 22.1 Å². The maximum Gasteiger partial charge on any atom is 0.109 e. The first-order valence-electron chi connectivity index (χ1n) is 7.90. The van der Waals surface area contributed by atoms with Crippen molar-refractivity contribution < 1.29 is 0 Å².